The molecule has 1 fully saturated rings. The van der Waals surface area contributed by atoms with Crippen LogP contribution in [0.15, 0.2) is 24.3 Å². The standard InChI is InChI=1S/C15H24N2O2/c1-11-7-8-17(14(11)10-18)13(9-16)12-5-3-4-6-15(12)19-2/h3-6,11,13-14,18H,7-10,16H2,1-2H3. The van der Waals surface area contributed by atoms with Gasteiger partial charge in [0.15, 0.2) is 0 Å². The summed E-state index contributed by atoms with van der Waals surface area (Å²) >= 11 is 0. The van der Waals surface area contributed by atoms with Gasteiger partial charge in [-0.25, -0.2) is 0 Å². The molecule has 1 aliphatic rings. The van der Waals surface area contributed by atoms with E-state index in [0.717, 1.165) is 24.3 Å². The van der Waals surface area contributed by atoms with Crippen LogP contribution in [-0.4, -0.2) is 42.9 Å². The summed E-state index contributed by atoms with van der Waals surface area (Å²) in [6.45, 7) is 3.89. The van der Waals surface area contributed by atoms with Gasteiger partial charge in [-0.2, -0.15) is 0 Å². The van der Waals surface area contributed by atoms with Crippen LogP contribution in [0.4, 0.5) is 0 Å². The van der Waals surface area contributed by atoms with E-state index in [2.05, 4.69) is 17.9 Å². The monoisotopic (exact) mass is 264 g/mol. The van der Waals surface area contributed by atoms with E-state index in [4.69, 9.17) is 10.5 Å². The van der Waals surface area contributed by atoms with Gasteiger partial charge >= 0.3 is 0 Å². The van der Waals surface area contributed by atoms with Gasteiger partial charge in [0.05, 0.1) is 19.8 Å². The van der Waals surface area contributed by atoms with E-state index in [1.54, 1.807) is 7.11 Å². The van der Waals surface area contributed by atoms with Crippen molar-refractivity contribution in [3.8, 4) is 5.75 Å². The smallest absolute Gasteiger partial charge is 0.123 e. The first-order valence-corrected chi connectivity index (χ1v) is 6.92. The second-order valence-electron chi connectivity index (χ2n) is 5.25. The molecule has 0 aromatic heterocycles. The highest BCUT2D eigenvalue weighted by Crippen LogP contribution is 2.35. The highest BCUT2D eigenvalue weighted by molar-refractivity contribution is 5.36. The van der Waals surface area contributed by atoms with Crippen molar-refractivity contribution in [2.24, 2.45) is 11.7 Å². The summed E-state index contributed by atoms with van der Waals surface area (Å²) in [6, 6.07) is 8.30. The van der Waals surface area contributed by atoms with Gasteiger partial charge in [0, 0.05) is 18.2 Å². The van der Waals surface area contributed by atoms with Crippen LogP contribution in [-0.2, 0) is 0 Å². The Morgan fingerprint density at radius 1 is 1.47 bits per heavy atom. The molecule has 1 aromatic carbocycles. The number of likely N-dealkylation sites (tertiary alicyclic amines) is 1. The molecule has 0 amide bonds. The Bertz CT molecular complexity index is 411. The fourth-order valence-electron chi connectivity index (χ4n) is 3.09. The number of benzene rings is 1. The van der Waals surface area contributed by atoms with Crippen molar-refractivity contribution >= 4 is 0 Å². The number of nitrogens with zero attached hydrogens (tertiary/aromatic N) is 1. The van der Waals surface area contributed by atoms with E-state index in [1.807, 2.05) is 18.2 Å². The van der Waals surface area contributed by atoms with Crippen LogP contribution in [0.25, 0.3) is 0 Å². The molecule has 19 heavy (non-hydrogen) atoms. The van der Waals surface area contributed by atoms with Crippen molar-refractivity contribution < 1.29 is 9.84 Å². The van der Waals surface area contributed by atoms with E-state index in [1.165, 1.54) is 0 Å². The molecule has 0 bridgehead atoms. The van der Waals surface area contributed by atoms with Gasteiger partial charge in [-0.05, 0) is 24.9 Å². The van der Waals surface area contributed by atoms with Crippen LogP contribution in [0.2, 0.25) is 0 Å². The number of methoxy groups -OCH3 is 1. The minimum absolute atomic E-state index is 0.109. The molecule has 0 radical (unpaired) electrons. The van der Waals surface area contributed by atoms with E-state index in [-0.39, 0.29) is 18.7 Å². The summed E-state index contributed by atoms with van der Waals surface area (Å²) in [7, 11) is 1.68. The molecule has 0 saturated carbocycles. The van der Waals surface area contributed by atoms with Gasteiger partial charge in [-0.3, -0.25) is 4.90 Å². The van der Waals surface area contributed by atoms with E-state index < -0.39 is 0 Å². The van der Waals surface area contributed by atoms with Crippen molar-refractivity contribution in [3.05, 3.63) is 29.8 Å². The molecule has 0 aliphatic carbocycles. The SMILES string of the molecule is COc1ccccc1C(CN)N1CCC(C)C1CO. The molecular weight excluding hydrogens is 240 g/mol. The normalized spacial score (nSPS) is 25.5. The summed E-state index contributed by atoms with van der Waals surface area (Å²) in [4.78, 5) is 2.32. The predicted molar refractivity (Wildman–Crippen MR) is 76.2 cm³/mol. The molecule has 2 rings (SSSR count). The van der Waals surface area contributed by atoms with Gasteiger partial charge in [-0.15, -0.1) is 0 Å². The topological polar surface area (TPSA) is 58.7 Å². The van der Waals surface area contributed by atoms with Gasteiger partial charge in [0.2, 0.25) is 0 Å². The minimum Gasteiger partial charge on any atom is -0.496 e. The number of aliphatic hydroxyl groups excluding tert-OH is 1. The van der Waals surface area contributed by atoms with Gasteiger partial charge < -0.3 is 15.6 Å². The van der Waals surface area contributed by atoms with Crippen LogP contribution in [0.5, 0.6) is 5.75 Å². The molecule has 3 unspecified atom stereocenters. The number of para-hydroxylation sites is 1. The van der Waals surface area contributed by atoms with Crippen LogP contribution in [0, 0.1) is 5.92 Å². The quantitative estimate of drug-likeness (QED) is 0.844. The zero-order valence-corrected chi connectivity index (χ0v) is 11.7. The molecule has 1 aromatic rings. The molecule has 3 N–H and O–H groups in total. The third kappa shape index (κ3) is 2.76. The predicted octanol–water partition coefficient (Wildman–Crippen LogP) is 1.40. The number of hydrogen-bond donors (Lipinski definition) is 2. The summed E-state index contributed by atoms with van der Waals surface area (Å²) in [5.74, 6) is 1.38. The molecule has 4 nitrogen and oxygen atoms in total. The molecule has 106 valence electrons. The maximum Gasteiger partial charge on any atom is 0.123 e. The van der Waals surface area contributed by atoms with Crippen molar-refractivity contribution in [1.82, 2.24) is 4.90 Å². The first-order chi connectivity index (χ1) is 9.22. The Kier molecular flexibility index (Phi) is 4.80. The zero-order valence-electron chi connectivity index (χ0n) is 11.7. The lowest BCUT2D eigenvalue weighted by molar-refractivity contribution is 0.104. The zero-order chi connectivity index (χ0) is 13.8. The molecule has 1 heterocycles. The molecule has 1 saturated heterocycles. The maximum absolute atomic E-state index is 9.61. The summed E-state index contributed by atoms with van der Waals surface area (Å²) in [5, 5.41) is 9.61. The Hall–Kier alpha value is -1.10. The average molecular weight is 264 g/mol. The highest BCUT2D eigenvalue weighted by Gasteiger charge is 2.36. The molecule has 3 atom stereocenters. The molecule has 0 spiro atoms. The fraction of sp³-hybridized carbons (Fsp3) is 0.600. The van der Waals surface area contributed by atoms with Crippen LogP contribution in [0.3, 0.4) is 0 Å². The second-order valence-corrected chi connectivity index (χ2v) is 5.25. The van der Waals surface area contributed by atoms with E-state index in [0.29, 0.717) is 12.5 Å². The average Bonchev–Trinajstić information content (AvgIpc) is 2.81. The third-order valence-electron chi connectivity index (χ3n) is 4.23. The largest absolute Gasteiger partial charge is 0.496 e. The van der Waals surface area contributed by atoms with E-state index >= 15 is 0 Å². The Labute approximate surface area is 115 Å². The maximum atomic E-state index is 9.61. The van der Waals surface area contributed by atoms with Gasteiger partial charge in [-0.1, -0.05) is 25.1 Å². The Morgan fingerprint density at radius 2 is 2.21 bits per heavy atom. The summed E-state index contributed by atoms with van der Waals surface area (Å²) < 4.78 is 5.44. The minimum atomic E-state index is 0.109. The first-order valence-electron chi connectivity index (χ1n) is 6.92. The second kappa shape index (κ2) is 6.37. The van der Waals surface area contributed by atoms with Gasteiger partial charge in [0.25, 0.3) is 0 Å². The van der Waals surface area contributed by atoms with Crippen molar-refractivity contribution in [1.29, 1.82) is 0 Å². The third-order valence-corrected chi connectivity index (χ3v) is 4.23. The number of rotatable bonds is 5. The number of aliphatic hydroxyl groups is 1. The number of hydrogen-bond acceptors (Lipinski definition) is 4. The van der Waals surface area contributed by atoms with E-state index in [9.17, 15) is 5.11 Å². The highest BCUT2D eigenvalue weighted by atomic mass is 16.5. The van der Waals surface area contributed by atoms with Crippen molar-refractivity contribution in [3.63, 3.8) is 0 Å². The van der Waals surface area contributed by atoms with Gasteiger partial charge in [0.1, 0.15) is 5.75 Å². The lowest BCUT2D eigenvalue weighted by Crippen LogP contribution is -2.41. The Morgan fingerprint density at radius 3 is 2.84 bits per heavy atom. The molecular formula is C15H24N2O2. The van der Waals surface area contributed by atoms with Crippen LogP contribution < -0.4 is 10.5 Å². The van der Waals surface area contributed by atoms with Crippen LogP contribution >= 0.6 is 0 Å². The summed E-state index contributed by atoms with van der Waals surface area (Å²) in [6.07, 6.45) is 1.11. The number of ether oxygens (including phenoxy) is 1. The summed E-state index contributed by atoms with van der Waals surface area (Å²) in [5.41, 5.74) is 7.10. The molecule has 4 heteroatoms. The Balaban J connectivity index is 2.29. The molecule has 1 aliphatic heterocycles. The van der Waals surface area contributed by atoms with Crippen LogP contribution in [0.1, 0.15) is 24.9 Å². The van der Waals surface area contributed by atoms with Crippen molar-refractivity contribution in [2.75, 3.05) is 26.8 Å². The number of nitrogens with two attached hydrogens (primary N) is 1. The lowest BCUT2D eigenvalue weighted by Gasteiger charge is -2.33. The first kappa shape index (κ1) is 14.3. The lowest BCUT2D eigenvalue weighted by atomic mass is 10.0. The van der Waals surface area contributed by atoms with Crippen molar-refractivity contribution in [2.45, 2.75) is 25.4 Å². The fourth-order valence-corrected chi connectivity index (χ4v) is 3.09.